The molecule has 0 saturated heterocycles. The van der Waals surface area contributed by atoms with Crippen LogP contribution in [0.5, 0.6) is 0 Å². The van der Waals surface area contributed by atoms with Gasteiger partial charge >= 0.3 is 0 Å². The number of hydrogen-bond donors (Lipinski definition) is 1. The van der Waals surface area contributed by atoms with Crippen molar-refractivity contribution in [3.63, 3.8) is 0 Å². The maximum Gasteiger partial charge on any atom is 0.243 e. The van der Waals surface area contributed by atoms with Gasteiger partial charge in [0.2, 0.25) is 10.0 Å². The van der Waals surface area contributed by atoms with Gasteiger partial charge in [-0.15, -0.1) is 0 Å². The number of aromatic nitrogens is 1. The van der Waals surface area contributed by atoms with Crippen molar-refractivity contribution in [2.45, 2.75) is 17.9 Å². The van der Waals surface area contributed by atoms with Crippen LogP contribution in [0, 0.1) is 5.82 Å². The highest BCUT2D eigenvalue weighted by atomic mass is 32.2. The third kappa shape index (κ3) is 2.34. The number of fused-ring (bicyclic) bond motifs is 3. The number of halogens is 1. The summed E-state index contributed by atoms with van der Waals surface area (Å²) in [6.07, 6.45) is 0.643. The molecule has 1 N–H and O–H groups in total. The lowest BCUT2D eigenvalue weighted by molar-refractivity contribution is 0.391. The molecule has 1 aliphatic heterocycles. The third-order valence-corrected chi connectivity index (χ3v) is 6.16. The number of para-hydroxylation sites is 1. The van der Waals surface area contributed by atoms with E-state index in [1.165, 1.54) is 28.6 Å². The first-order valence-corrected chi connectivity index (χ1v) is 8.84. The maximum absolute atomic E-state index is 13.0. The number of nitrogens with zero attached hydrogens (tertiary/aromatic N) is 1. The molecule has 4 nitrogen and oxygen atoms in total. The Morgan fingerprint density at radius 1 is 1.04 bits per heavy atom. The zero-order chi connectivity index (χ0) is 16.0. The number of sulfonamides is 1. The third-order valence-electron chi connectivity index (χ3n) is 4.30. The van der Waals surface area contributed by atoms with Crippen molar-refractivity contribution in [3.8, 4) is 0 Å². The van der Waals surface area contributed by atoms with Gasteiger partial charge in [-0.3, -0.25) is 0 Å². The zero-order valence-electron chi connectivity index (χ0n) is 12.3. The minimum Gasteiger partial charge on any atom is -0.358 e. The van der Waals surface area contributed by atoms with E-state index in [2.05, 4.69) is 4.98 Å². The zero-order valence-corrected chi connectivity index (χ0v) is 13.1. The van der Waals surface area contributed by atoms with Crippen LogP contribution < -0.4 is 0 Å². The van der Waals surface area contributed by atoms with Crippen LogP contribution in [0.25, 0.3) is 10.9 Å². The van der Waals surface area contributed by atoms with Gasteiger partial charge in [0.05, 0.1) is 4.90 Å². The molecule has 0 saturated carbocycles. The average molecular weight is 330 g/mol. The number of aromatic amines is 1. The Hall–Kier alpha value is -2.18. The van der Waals surface area contributed by atoms with E-state index in [1.54, 1.807) is 0 Å². The van der Waals surface area contributed by atoms with Crippen LogP contribution in [-0.2, 0) is 23.0 Å². The summed E-state index contributed by atoms with van der Waals surface area (Å²) in [6, 6.07) is 12.9. The lowest BCUT2D eigenvalue weighted by Crippen LogP contribution is -2.35. The smallest absolute Gasteiger partial charge is 0.243 e. The van der Waals surface area contributed by atoms with Crippen molar-refractivity contribution in [2.24, 2.45) is 0 Å². The van der Waals surface area contributed by atoms with E-state index in [-0.39, 0.29) is 4.90 Å². The number of H-pyrrole nitrogens is 1. The van der Waals surface area contributed by atoms with E-state index in [9.17, 15) is 12.8 Å². The summed E-state index contributed by atoms with van der Waals surface area (Å²) < 4.78 is 40.0. The van der Waals surface area contributed by atoms with Crippen molar-refractivity contribution >= 4 is 20.9 Å². The van der Waals surface area contributed by atoms with E-state index >= 15 is 0 Å². The maximum atomic E-state index is 13.0. The first-order valence-electron chi connectivity index (χ1n) is 7.40. The Bertz CT molecular complexity index is 978. The Balaban J connectivity index is 1.73. The molecule has 0 spiro atoms. The second-order valence-electron chi connectivity index (χ2n) is 5.67. The Morgan fingerprint density at radius 3 is 2.57 bits per heavy atom. The molecule has 0 bridgehead atoms. The van der Waals surface area contributed by atoms with Gasteiger partial charge in [-0.05, 0) is 35.9 Å². The van der Waals surface area contributed by atoms with Gasteiger partial charge in [0.1, 0.15) is 5.82 Å². The van der Waals surface area contributed by atoms with Crippen molar-refractivity contribution in [3.05, 3.63) is 65.6 Å². The van der Waals surface area contributed by atoms with Crippen LogP contribution in [0.4, 0.5) is 4.39 Å². The number of nitrogens with one attached hydrogen (secondary N) is 1. The van der Waals surface area contributed by atoms with Gasteiger partial charge < -0.3 is 4.98 Å². The molecule has 0 unspecified atom stereocenters. The minimum absolute atomic E-state index is 0.127. The summed E-state index contributed by atoms with van der Waals surface area (Å²) in [7, 11) is -3.62. The standard InChI is InChI=1S/C17H15FN2O2S/c18-12-5-7-13(8-6-12)23(21,22)20-10-9-17-15(11-20)14-3-1-2-4-16(14)19-17/h1-8,19H,9-11H2. The van der Waals surface area contributed by atoms with Gasteiger partial charge in [-0.1, -0.05) is 18.2 Å². The molecule has 3 aromatic rings. The van der Waals surface area contributed by atoms with Crippen LogP contribution in [0.1, 0.15) is 11.3 Å². The molecule has 6 heteroatoms. The van der Waals surface area contributed by atoms with Crippen LogP contribution in [0.3, 0.4) is 0 Å². The summed E-state index contributed by atoms with van der Waals surface area (Å²) >= 11 is 0. The van der Waals surface area contributed by atoms with E-state index in [0.717, 1.165) is 22.2 Å². The van der Waals surface area contributed by atoms with Crippen LogP contribution >= 0.6 is 0 Å². The summed E-state index contributed by atoms with van der Waals surface area (Å²) in [4.78, 5) is 3.49. The number of rotatable bonds is 2. The molecule has 23 heavy (non-hydrogen) atoms. The van der Waals surface area contributed by atoms with Gasteiger partial charge in [-0.25, -0.2) is 12.8 Å². The van der Waals surface area contributed by atoms with Crippen LogP contribution in [0.15, 0.2) is 53.4 Å². The molecule has 1 aromatic heterocycles. The number of hydrogen-bond acceptors (Lipinski definition) is 2. The second kappa shape index (κ2) is 5.18. The highest BCUT2D eigenvalue weighted by Crippen LogP contribution is 2.30. The van der Waals surface area contributed by atoms with Crippen molar-refractivity contribution in [2.75, 3.05) is 6.54 Å². The van der Waals surface area contributed by atoms with Gasteiger partial charge in [0, 0.05) is 36.1 Å². The molecule has 0 fully saturated rings. The molecule has 0 amide bonds. The SMILES string of the molecule is O=S(=O)(c1ccc(F)cc1)N1CCc2[nH]c3ccccc3c2C1. The van der Waals surface area contributed by atoms with E-state index < -0.39 is 15.8 Å². The molecule has 2 heterocycles. The van der Waals surface area contributed by atoms with E-state index in [0.29, 0.717) is 19.5 Å². The van der Waals surface area contributed by atoms with Crippen LogP contribution in [-0.4, -0.2) is 24.3 Å². The molecule has 1 aliphatic rings. The fraction of sp³-hybridized carbons (Fsp3) is 0.176. The summed E-state index contributed by atoms with van der Waals surface area (Å²) in [5, 5.41) is 1.06. The quantitative estimate of drug-likeness (QED) is 0.785. The lowest BCUT2D eigenvalue weighted by Gasteiger charge is -2.26. The van der Waals surface area contributed by atoms with Crippen molar-refractivity contribution < 1.29 is 12.8 Å². The summed E-state index contributed by atoms with van der Waals surface area (Å²) in [5.41, 5.74) is 3.15. The predicted octanol–water partition coefficient (Wildman–Crippen LogP) is 3.05. The molecular formula is C17H15FN2O2S. The Kier molecular flexibility index (Phi) is 3.25. The van der Waals surface area contributed by atoms with Crippen LogP contribution in [0.2, 0.25) is 0 Å². The summed E-state index contributed by atoms with van der Waals surface area (Å²) in [6.45, 7) is 0.749. The topological polar surface area (TPSA) is 53.2 Å². The molecule has 0 aliphatic carbocycles. The lowest BCUT2D eigenvalue weighted by atomic mass is 10.1. The van der Waals surface area contributed by atoms with Crippen molar-refractivity contribution in [1.82, 2.24) is 9.29 Å². The second-order valence-corrected chi connectivity index (χ2v) is 7.61. The largest absolute Gasteiger partial charge is 0.358 e. The molecule has 0 atom stereocenters. The molecule has 4 rings (SSSR count). The minimum atomic E-state index is -3.62. The van der Waals surface area contributed by atoms with Gasteiger partial charge in [0.15, 0.2) is 0 Å². The average Bonchev–Trinajstić information content (AvgIpc) is 2.93. The van der Waals surface area contributed by atoms with Gasteiger partial charge in [-0.2, -0.15) is 4.31 Å². The normalized spacial score (nSPS) is 15.7. The highest BCUT2D eigenvalue weighted by Gasteiger charge is 2.30. The fourth-order valence-corrected chi connectivity index (χ4v) is 4.51. The Morgan fingerprint density at radius 2 is 1.78 bits per heavy atom. The monoisotopic (exact) mass is 330 g/mol. The molecule has 2 aromatic carbocycles. The highest BCUT2D eigenvalue weighted by molar-refractivity contribution is 7.89. The molecular weight excluding hydrogens is 315 g/mol. The number of benzene rings is 2. The fourth-order valence-electron chi connectivity index (χ4n) is 3.10. The Labute approximate surface area is 133 Å². The predicted molar refractivity (Wildman–Crippen MR) is 86.0 cm³/mol. The molecule has 118 valence electrons. The first-order chi connectivity index (χ1) is 11.1. The van der Waals surface area contributed by atoms with E-state index in [4.69, 9.17) is 0 Å². The van der Waals surface area contributed by atoms with E-state index in [1.807, 2.05) is 24.3 Å². The van der Waals surface area contributed by atoms with Gasteiger partial charge in [0.25, 0.3) is 0 Å². The first kappa shape index (κ1) is 14.4. The summed E-state index contributed by atoms with van der Waals surface area (Å²) in [5.74, 6) is -0.443. The van der Waals surface area contributed by atoms with Crippen molar-refractivity contribution in [1.29, 1.82) is 0 Å². The molecule has 0 radical (unpaired) electrons.